The molecule has 0 N–H and O–H groups in total. The average molecular weight is 361 g/mol. The molecule has 0 bridgehead atoms. The summed E-state index contributed by atoms with van der Waals surface area (Å²) in [7, 11) is 1.32. The topological polar surface area (TPSA) is 91.5 Å². The van der Waals surface area contributed by atoms with Crippen LogP contribution in [-0.4, -0.2) is 55.3 Å². The Morgan fingerprint density at radius 1 is 1.23 bits per heavy atom. The number of amides is 1. The summed E-state index contributed by atoms with van der Waals surface area (Å²) in [6, 6.07) is -0.0478. The van der Waals surface area contributed by atoms with E-state index < -0.39 is 11.6 Å². The summed E-state index contributed by atoms with van der Waals surface area (Å²) in [6.45, 7) is 8.38. The van der Waals surface area contributed by atoms with Crippen molar-refractivity contribution in [1.82, 2.24) is 24.5 Å². The van der Waals surface area contributed by atoms with E-state index in [1.807, 2.05) is 32.4 Å². The van der Waals surface area contributed by atoms with E-state index in [9.17, 15) is 9.59 Å². The monoisotopic (exact) mass is 361 g/mol. The zero-order valence-electron chi connectivity index (χ0n) is 15.6. The van der Waals surface area contributed by atoms with Gasteiger partial charge < -0.3 is 9.47 Å². The predicted octanol–water partition coefficient (Wildman–Crippen LogP) is 1.99. The largest absolute Gasteiger partial charge is 0.465 e. The van der Waals surface area contributed by atoms with Gasteiger partial charge in [0.2, 0.25) is 0 Å². The maximum Gasteiger partial charge on any atom is 0.410 e. The number of fused-ring (bicyclic) bond motifs is 1. The van der Waals surface area contributed by atoms with E-state index in [2.05, 4.69) is 10.2 Å². The molecule has 3 rings (SSSR count). The molecular weight excluding hydrogens is 338 g/mol. The maximum absolute atomic E-state index is 12.5. The van der Waals surface area contributed by atoms with Crippen LogP contribution in [-0.2, 0) is 22.6 Å². The molecule has 9 nitrogen and oxygen atoms in total. The van der Waals surface area contributed by atoms with E-state index in [1.165, 1.54) is 13.3 Å². The molecule has 9 heteroatoms. The second-order valence-corrected chi connectivity index (χ2v) is 7.28. The van der Waals surface area contributed by atoms with Gasteiger partial charge in [-0.25, -0.2) is 14.3 Å². The molecule has 0 unspecified atom stereocenters. The molecule has 1 aliphatic rings. The Balaban J connectivity index is 1.88. The molecule has 1 amide bonds. The van der Waals surface area contributed by atoms with Gasteiger partial charge in [0, 0.05) is 6.20 Å². The molecule has 0 saturated carbocycles. The minimum Gasteiger partial charge on any atom is -0.465 e. The van der Waals surface area contributed by atoms with Crippen molar-refractivity contribution in [3.63, 3.8) is 0 Å². The number of carbonyl (C=O) groups excluding carboxylic acids is 2. The third-order valence-electron chi connectivity index (χ3n) is 4.09. The van der Waals surface area contributed by atoms with Crippen molar-refractivity contribution in [3.05, 3.63) is 29.8 Å². The van der Waals surface area contributed by atoms with E-state index in [0.717, 1.165) is 5.69 Å². The van der Waals surface area contributed by atoms with Gasteiger partial charge in [0.05, 0.1) is 49.9 Å². The number of rotatable bonds is 2. The standard InChI is InChI=1S/C17H23N5O4/c1-11-8-21-14(10-20(11)16(24)26-17(2,3)4)13(7-19-21)22-9-12(6-18-22)15(23)25-5/h6-7,9,11H,8,10H2,1-5H3/t11-/m0/s1. The van der Waals surface area contributed by atoms with Crippen LogP contribution >= 0.6 is 0 Å². The van der Waals surface area contributed by atoms with Gasteiger partial charge in [-0.15, -0.1) is 0 Å². The number of nitrogens with zero attached hydrogens (tertiary/aromatic N) is 5. The van der Waals surface area contributed by atoms with Crippen LogP contribution in [0.4, 0.5) is 4.79 Å². The first-order valence-corrected chi connectivity index (χ1v) is 8.37. The van der Waals surface area contributed by atoms with Crippen LogP contribution in [0.3, 0.4) is 0 Å². The van der Waals surface area contributed by atoms with Crippen LogP contribution in [0.2, 0.25) is 0 Å². The first-order chi connectivity index (χ1) is 12.2. The van der Waals surface area contributed by atoms with E-state index >= 15 is 0 Å². The first-order valence-electron chi connectivity index (χ1n) is 8.37. The smallest absolute Gasteiger partial charge is 0.410 e. The van der Waals surface area contributed by atoms with Crippen molar-refractivity contribution < 1.29 is 19.1 Å². The lowest BCUT2D eigenvalue weighted by Crippen LogP contribution is -2.47. The summed E-state index contributed by atoms with van der Waals surface area (Å²) in [4.78, 5) is 25.8. The van der Waals surface area contributed by atoms with Crippen LogP contribution in [0.5, 0.6) is 0 Å². The fourth-order valence-electron chi connectivity index (χ4n) is 2.82. The van der Waals surface area contributed by atoms with Gasteiger partial charge in [0.25, 0.3) is 0 Å². The van der Waals surface area contributed by atoms with Gasteiger partial charge in [-0.05, 0) is 27.7 Å². The van der Waals surface area contributed by atoms with E-state index in [1.54, 1.807) is 22.0 Å². The van der Waals surface area contributed by atoms with Crippen molar-refractivity contribution >= 4 is 12.1 Å². The van der Waals surface area contributed by atoms with Crippen molar-refractivity contribution in [1.29, 1.82) is 0 Å². The molecule has 140 valence electrons. The molecule has 2 aromatic heterocycles. The van der Waals surface area contributed by atoms with Gasteiger partial charge in [0.1, 0.15) is 11.3 Å². The summed E-state index contributed by atoms with van der Waals surface area (Å²) in [5.41, 5.74) is 1.32. The minimum atomic E-state index is -0.561. The third kappa shape index (κ3) is 3.42. The number of methoxy groups -OCH3 is 1. The second kappa shape index (κ2) is 6.47. The van der Waals surface area contributed by atoms with Crippen LogP contribution in [0, 0.1) is 0 Å². The molecule has 0 fully saturated rings. The Bertz CT molecular complexity index is 833. The van der Waals surface area contributed by atoms with Crippen LogP contribution in [0.15, 0.2) is 18.6 Å². The molecule has 1 atom stereocenters. The van der Waals surface area contributed by atoms with E-state index in [4.69, 9.17) is 9.47 Å². The number of hydrogen-bond donors (Lipinski definition) is 0. The van der Waals surface area contributed by atoms with E-state index in [0.29, 0.717) is 24.3 Å². The van der Waals surface area contributed by atoms with Crippen LogP contribution in [0.25, 0.3) is 5.69 Å². The Morgan fingerprint density at radius 2 is 1.96 bits per heavy atom. The number of ether oxygens (including phenoxy) is 2. The summed E-state index contributed by atoms with van der Waals surface area (Å²) in [5.74, 6) is -0.457. The lowest BCUT2D eigenvalue weighted by Gasteiger charge is -2.35. The molecule has 1 aliphatic heterocycles. The number of aromatic nitrogens is 4. The van der Waals surface area contributed by atoms with Gasteiger partial charge >= 0.3 is 12.1 Å². The average Bonchev–Trinajstić information content (AvgIpc) is 3.17. The van der Waals surface area contributed by atoms with Gasteiger partial charge in [-0.1, -0.05) is 0 Å². The van der Waals surface area contributed by atoms with Crippen molar-refractivity contribution in [2.45, 2.75) is 52.4 Å². The Labute approximate surface area is 151 Å². The molecule has 3 heterocycles. The SMILES string of the molecule is COC(=O)c1cnn(-c2cnn3c2CN(C(=O)OC(C)(C)C)[C@@H](C)C3)c1. The zero-order chi connectivity index (χ0) is 19.1. The summed E-state index contributed by atoms with van der Waals surface area (Å²) in [5, 5.41) is 8.60. The molecule has 0 saturated heterocycles. The van der Waals surface area contributed by atoms with Crippen molar-refractivity contribution in [2.24, 2.45) is 0 Å². The normalized spacial score (nSPS) is 17.0. The Hall–Kier alpha value is -2.84. The molecule has 0 radical (unpaired) electrons. The van der Waals surface area contributed by atoms with Crippen LogP contribution in [0.1, 0.15) is 43.7 Å². The second-order valence-electron chi connectivity index (χ2n) is 7.28. The van der Waals surface area contributed by atoms with Crippen molar-refractivity contribution in [2.75, 3.05) is 7.11 Å². The number of esters is 1. The highest BCUT2D eigenvalue weighted by Gasteiger charge is 2.32. The minimum absolute atomic E-state index is 0.0478. The fraction of sp³-hybridized carbons (Fsp3) is 0.529. The van der Waals surface area contributed by atoms with Crippen molar-refractivity contribution in [3.8, 4) is 5.69 Å². The molecular formula is C17H23N5O4. The summed E-state index contributed by atoms with van der Waals surface area (Å²) in [6.07, 6.45) is 4.33. The number of hydrogen-bond acceptors (Lipinski definition) is 6. The molecule has 26 heavy (non-hydrogen) atoms. The van der Waals surface area contributed by atoms with E-state index in [-0.39, 0.29) is 12.1 Å². The fourth-order valence-corrected chi connectivity index (χ4v) is 2.82. The lowest BCUT2D eigenvalue weighted by molar-refractivity contribution is 0.00905. The van der Waals surface area contributed by atoms with Crippen LogP contribution < -0.4 is 0 Å². The van der Waals surface area contributed by atoms with Gasteiger partial charge in [0.15, 0.2) is 0 Å². The summed E-state index contributed by atoms with van der Waals surface area (Å²) < 4.78 is 13.6. The maximum atomic E-state index is 12.5. The summed E-state index contributed by atoms with van der Waals surface area (Å²) >= 11 is 0. The molecule has 0 aliphatic carbocycles. The quantitative estimate of drug-likeness (QED) is 0.760. The highest BCUT2D eigenvalue weighted by molar-refractivity contribution is 5.88. The van der Waals surface area contributed by atoms with Gasteiger partial charge in [-0.2, -0.15) is 10.2 Å². The zero-order valence-corrected chi connectivity index (χ0v) is 15.6. The Morgan fingerprint density at radius 3 is 2.62 bits per heavy atom. The highest BCUT2D eigenvalue weighted by atomic mass is 16.6. The highest BCUT2D eigenvalue weighted by Crippen LogP contribution is 2.25. The predicted molar refractivity (Wildman–Crippen MR) is 91.9 cm³/mol. The third-order valence-corrected chi connectivity index (χ3v) is 4.09. The molecule has 0 aromatic carbocycles. The van der Waals surface area contributed by atoms with Gasteiger partial charge in [-0.3, -0.25) is 9.58 Å². The number of carbonyl (C=O) groups is 2. The first kappa shape index (κ1) is 18.0. The molecule has 2 aromatic rings. The Kier molecular flexibility index (Phi) is 4.47. The molecule has 0 spiro atoms. The lowest BCUT2D eigenvalue weighted by atomic mass is 10.2.